The number of esters is 1. The third-order valence-corrected chi connectivity index (χ3v) is 6.40. The predicted octanol–water partition coefficient (Wildman–Crippen LogP) is 3.72. The number of anilines is 1. The number of thiocarbonyl (C=S) groups is 1. The highest BCUT2D eigenvalue weighted by Gasteiger charge is 2.35. The molecule has 2 heterocycles. The number of rotatable bonds is 5. The molecule has 0 radical (unpaired) electrons. The lowest BCUT2D eigenvalue weighted by Crippen LogP contribution is -2.54. The molecule has 0 aliphatic carbocycles. The number of nitrogens with zero attached hydrogens (tertiary/aromatic N) is 2. The van der Waals surface area contributed by atoms with Crippen LogP contribution in [-0.4, -0.2) is 45.6 Å². The van der Waals surface area contributed by atoms with Crippen LogP contribution in [0.15, 0.2) is 54.1 Å². The first-order valence-electron chi connectivity index (χ1n) is 11.2. The maximum absolute atomic E-state index is 13.4. The second-order valence-corrected chi connectivity index (χ2v) is 8.85. The van der Waals surface area contributed by atoms with E-state index in [4.69, 9.17) is 22.1 Å². The van der Waals surface area contributed by atoms with Crippen molar-refractivity contribution in [2.24, 2.45) is 0 Å². The molecule has 37 heavy (non-hydrogen) atoms. The number of amides is 2. The molecule has 1 saturated heterocycles. The van der Waals surface area contributed by atoms with E-state index in [9.17, 15) is 19.2 Å². The fourth-order valence-corrected chi connectivity index (χ4v) is 4.48. The summed E-state index contributed by atoms with van der Waals surface area (Å²) in [4.78, 5) is 50.6. The average Bonchev–Trinajstić information content (AvgIpc) is 3.14. The Balaban J connectivity index is 1.76. The van der Waals surface area contributed by atoms with Gasteiger partial charge in [-0.05, 0) is 92.7 Å². The number of ether oxygens (including phenoxy) is 1. The second kappa shape index (κ2) is 9.82. The number of nitrogens with one attached hydrogen (secondary N) is 1. The van der Waals surface area contributed by atoms with E-state index in [1.807, 2.05) is 37.5 Å². The molecule has 10 heteroatoms. The fourth-order valence-electron chi connectivity index (χ4n) is 4.20. The molecule has 1 aliphatic rings. The molecule has 9 nitrogen and oxygen atoms in total. The van der Waals surface area contributed by atoms with Crippen molar-refractivity contribution in [1.82, 2.24) is 9.88 Å². The molecular weight excluding hydrogens is 494 g/mol. The quantitative estimate of drug-likeness (QED) is 0.229. The van der Waals surface area contributed by atoms with Crippen LogP contribution in [-0.2, 0) is 14.3 Å². The van der Waals surface area contributed by atoms with E-state index in [1.165, 1.54) is 37.5 Å². The molecule has 0 saturated carbocycles. The Morgan fingerprint density at radius 3 is 2.27 bits per heavy atom. The van der Waals surface area contributed by atoms with Gasteiger partial charge in [0.05, 0.1) is 23.9 Å². The van der Waals surface area contributed by atoms with Gasteiger partial charge in [0.25, 0.3) is 11.8 Å². The first kappa shape index (κ1) is 25.5. The minimum Gasteiger partial charge on any atom is -0.478 e. The van der Waals surface area contributed by atoms with Crippen LogP contribution in [0.4, 0.5) is 5.69 Å². The van der Waals surface area contributed by atoms with Gasteiger partial charge in [0.1, 0.15) is 5.57 Å². The zero-order chi connectivity index (χ0) is 27.0. The first-order valence-corrected chi connectivity index (χ1v) is 11.6. The molecule has 3 aromatic rings. The van der Waals surface area contributed by atoms with Crippen molar-refractivity contribution in [2.45, 2.75) is 20.8 Å². The van der Waals surface area contributed by atoms with Crippen molar-refractivity contribution in [3.05, 3.63) is 87.7 Å². The molecule has 0 bridgehead atoms. The summed E-state index contributed by atoms with van der Waals surface area (Å²) in [6, 6.07) is 12.7. The highest BCUT2D eigenvalue weighted by atomic mass is 32.1. The molecule has 188 valence electrons. The number of hydrogen-bond acceptors (Lipinski definition) is 6. The summed E-state index contributed by atoms with van der Waals surface area (Å²) < 4.78 is 6.78. The fraction of sp³-hybridized carbons (Fsp3) is 0.148. The maximum Gasteiger partial charge on any atom is 0.337 e. The van der Waals surface area contributed by atoms with E-state index in [1.54, 1.807) is 12.1 Å². The Labute approximate surface area is 218 Å². The molecule has 1 fully saturated rings. The van der Waals surface area contributed by atoms with Gasteiger partial charge >= 0.3 is 11.9 Å². The van der Waals surface area contributed by atoms with Crippen molar-refractivity contribution in [3.63, 3.8) is 0 Å². The van der Waals surface area contributed by atoms with Crippen molar-refractivity contribution in [3.8, 4) is 5.69 Å². The zero-order valence-corrected chi connectivity index (χ0v) is 21.3. The van der Waals surface area contributed by atoms with E-state index < -0.39 is 23.8 Å². The number of aromatic carboxylic acids is 1. The predicted molar refractivity (Wildman–Crippen MR) is 141 cm³/mol. The summed E-state index contributed by atoms with van der Waals surface area (Å²) in [5, 5.41) is 11.6. The van der Waals surface area contributed by atoms with Gasteiger partial charge in [-0.2, -0.15) is 0 Å². The Bertz CT molecular complexity index is 1520. The van der Waals surface area contributed by atoms with Gasteiger partial charge in [-0.3, -0.25) is 19.8 Å². The van der Waals surface area contributed by atoms with E-state index in [0.717, 1.165) is 27.5 Å². The number of carboxylic acid groups (broad SMARTS) is 1. The Kier molecular flexibility index (Phi) is 6.78. The number of aryl methyl sites for hydroxylation is 2. The van der Waals surface area contributed by atoms with E-state index in [0.29, 0.717) is 16.8 Å². The summed E-state index contributed by atoms with van der Waals surface area (Å²) in [7, 11) is 1.32. The highest BCUT2D eigenvalue weighted by molar-refractivity contribution is 7.80. The van der Waals surface area contributed by atoms with Gasteiger partial charge in [-0.15, -0.1) is 0 Å². The molecule has 2 aromatic carbocycles. The number of carboxylic acids is 1. The van der Waals surface area contributed by atoms with Crippen LogP contribution in [0.2, 0.25) is 0 Å². The topological polar surface area (TPSA) is 118 Å². The summed E-state index contributed by atoms with van der Waals surface area (Å²) in [5.74, 6) is -2.83. The maximum atomic E-state index is 13.4. The van der Waals surface area contributed by atoms with Gasteiger partial charge in [0.2, 0.25) is 0 Å². The average molecular weight is 518 g/mol. The molecular formula is C27H23N3O6S. The normalized spacial score (nSPS) is 14.6. The standard InChI is InChI=1S/C27H23N3O6S/c1-14-5-6-18(26(35)36-4)13-22(14)29-15(2)11-19(16(29)3)12-21-23(31)28-27(37)30(24(21)32)20-9-7-17(8-10-20)25(33)34/h5-13H,1-4H3,(H,33,34)(H,28,31,37)/b21-12+. The lowest BCUT2D eigenvalue weighted by Gasteiger charge is -2.29. The molecule has 1 aliphatic heterocycles. The minimum atomic E-state index is -1.10. The van der Waals surface area contributed by atoms with Gasteiger partial charge in [0.15, 0.2) is 5.11 Å². The SMILES string of the molecule is COC(=O)c1ccc(C)c(-n2c(C)cc(/C=C3\C(=O)NC(=S)N(c4ccc(C(=O)O)cc4)C3=O)c2C)c1. The van der Waals surface area contributed by atoms with Crippen LogP contribution >= 0.6 is 12.2 Å². The monoisotopic (exact) mass is 517 g/mol. The highest BCUT2D eigenvalue weighted by Crippen LogP contribution is 2.28. The van der Waals surface area contributed by atoms with E-state index in [2.05, 4.69) is 5.32 Å². The third kappa shape index (κ3) is 4.66. The van der Waals surface area contributed by atoms with Crippen LogP contribution < -0.4 is 10.2 Å². The molecule has 0 spiro atoms. The lowest BCUT2D eigenvalue weighted by atomic mass is 10.1. The number of hydrogen-bond donors (Lipinski definition) is 2. The van der Waals surface area contributed by atoms with Crippen molar-refractivity contribution >= 4 is 52.8 Å². The largest absolute Gasteiger partial charge is 0.478 e. The van der Waals surface area contributed by atoms with Crippen molar-refractivity contribution < 1.29 is 29.0 Å². The number of carbonyl (C=O) groups is 4. The first-order chi connectivity index (χ1) is 17.5. The molecule has 1 aromatic heterocycles. The molecule has 0 unspecified atom stereocenters. The molecule has 0 atom stereocenters. The Morgan fingerprint density at radius 2 is 1.65 bits per heavy atom. The number of aromatic nitrogens is 1. The second-order valence-electron chi connectivity index (χ2n) is 8.46. The Morgan fingerprint density at radius 1 is 1.00 bits per heavy atom. The summed E-state index contributed by atoms with van der Waals surface area (Å²) >= 11 is 5.23. The van der Waals surface area contributed by atoms with Crippen molar-refractivity contribution in [1.29, 1.82) is 0 Å². The third-order valence-electron chi connectivity index (χ3n) is 6.12. The van der Waals surface area contributed by atoms with Crippen LogP contribution in [0.25, 0.3) is 11.8 Å². The van der Waals surface area contributed by atoms with E-state index in [-0.39, 0.29) is 16.2 Å². The molecule has 2 amide bonds. The Hall–Kier alpha value is -4.57. The summed E-state index contributed by atoms with van der Waals surface area (Å²) in [6.07, 6.45) is 1.50. The van der Waals surface area contributed by atoms with E-state index >= 15 is 0 Å². The molecule has 4 rings (SSSR count). The van der Waals surface area contributed by atoms with Crippen LogP contribution in [0.1, 0.15) is 43.2 Å². The van der Waals surface area contributed by atoms with Gasteiger partial charge < -0.3 is 14.4 Å². The smallest absolute Gasteiger partial charge is 0.337 e. The van der Waals surface area contributed by atoms with Crippen LogP contribution in [0, 0.1) is 20.8 Å². The van der Waals surface area contributed by atoms with Gasteiger partial charge in [-0.1, -0.05) is 6.07 Å². The van der Waals surface area contributed by atoms with Gasteiger partial charge in [0, 0.05) is 17.1 Å². The van der Waals surface area contributed by atoms with Crippen LogP contribution in [0.5, 0.6) is 0 Å². The minimum absolute atomic E-state index is 0.0536. The number of benzene rings is 2. The van der Waals surface area contributed by atoms with Gasteiger partial charge in [-0.25, -0.2) is 9.59 Å². The van der Waals surface area contributed by atoms with Crippen molar-refractivity contribution in [2.75, 3.05) is 12.0 Å². The zero-order valence-electron chi connectivity index (χ0n) is 20.5. The number of methoxy groups -OCH3 is 1. The van der Waals surface area contributed by atoms with Crippen LogP contribution in [0.3, 0.4) is 0 Å². The number of carbonyl (C=O) groups excluding carboxylic acids is 3. The molecule has 2 N–H and O–H groups in total. The summed E-state index contributed by atoms with van der Waals surface area (Å²) in [5.41, 5.74) is 4.55. The lowest BCUT2D eigenvalue weighted by molar-refractivity contribution is -0.122. The summed E-state index contributed by atoms with van der Waals surface area (Å²) in [6.45, 7) is 5.65.